The summed E-state index contributed by atoms with van der Waals surface area (Å²) in [5.74, 6) is 0.275. The number of anilines is 1. The maximum absolute atomic E-state index is 12.0. The monoisotopic (exact) mass is 252 g/mol. The molecule has 1 fully saturated rings. The van der Waals surface area contributed by atoms with Crippen LogP contribution in [0.1, 0.15) is 17.4 Å². The zero-order chi connectivity index (χ0) is 13.1. The highest BCUT2D eigenvalue weighted by molar-refractivity contribution is 5.92. The highest BCUT2D eigenvalue weighted by atomic mass is 16.3. The van der Waals surface area contributed by atoms with E-state index in [1.165, 1.54) is 4.90 Å². The van der Waals surface area contributed by atoms with Crippen LogP contribution in [-0.4, -0.2) is 63.1 Å². The molecule has 0 bridgehead atoms. The van der Waals surface area contributed by atoms with Gasteiger partial charge in [-0.15, -0.1) is 10.2 Å². The molecule has 18 heavy (non-hydrogen) atoms. The number of hydrogen-bond acceptors (Lipinski definition) is 6. The Bertz CT molecular complexity index is 413. The van der Waals surface area contributed by atoms with Crippen LogP contribution >= 0.6 is 0 Å². The number of aliphatic hydroxyl groups excluding tert-OH is 2. The summed E-state index contributed by atoms with van der Waals surface area (Å²) in [6.07, 6.45) is -1.77. The van der Waals surface area contributed by atoms with Gasteiger partial charge in [-0.25, -0.2) is 0 Å². The van der Waals surface area contributed by atoms with Crippen molar-refractivity contribution in [2.45, 2.75) is 19.1 Å². The van der Waals surface area contributed by atoms with Crippen molar-refractivity contribution in [1.29, 1.82) is 0 Å². The number of nitrogens with zero attached hydrogens (tertiary/aromatic N) is 3. The molecule has 1 aliphatic rings. The van der Waals surface area contributed by atoms with E-state index in [2.05, 4.69) is 15.5 Å². The van der Waals surface area contributed by atoms with Crippen LogP contribution in [0.15, 0.2) is 12.1 Å². The van der Waals surface area contributed by atoms with Crippen LogP contribution < -0.4 is 5.32 Å². The third-order valence-corrected chi connectivity index (χ3v) is 2.79. The Morgan fingerprint density at radius 2 is 2.06 bits per heavy atom. The second-order valence-corrected chi connectivity index (χ2v) is 4.18. The van der Waals surface area contributed by atoms with Gasteiger partial charge in [-0.1, -0.05) is 0 Å². The molecule has 0 spiro atoms. The van der Waals surface area contributed by atoms with Crippen molar-refractivity contribution >= 4 is 11.7 Å². The van der Waals surface area contributed by atoms with E-state index >= 15 is 0 Å². The van der Waals surface area contributed by atoms with E-state index in [9.17, 15) is 15.0 Å². The molecule has 1 aliphatic heterocycles. The number of hydrogen-bond donors (Lipinski definition) is 3. The zero-order valence-corrected chi connectivity index (χ0v) is 10.1. The number of carbonyl (C=O) groups is 1. The van der Waals surface area contributed by atoms with Crippen LogP contribution in [-0.2, 0) is 0 Å². The Hall–Kier alpha value is -1.73. The molecule has 2 unspecified atom stereocenters. The van der Waals surface area contributed by atoms with Gasteiger partial charge in [-0.2, -0.15) is 0 Å². The van der Waals surface area contributed by atoms with Crippen molar-refractivity contribution < 1.29 is 15.0 Å². The molecule has 1 saturated heterocycles. The number of β-amino-alcohol motifs (C(OH)–C–C–N with tert-alkyl or cyclic N) is 2. The molecule has 3 N–H and O–H groups in total. The van der Waals surface area contributed by atoms with Gasteiger partial charge in [0.1, 0.15) is 5.82 Å². The molecule has 0 saturated carbocycles. The minimum Gasteiger partial charge on any atom is -0.388 e. The van der Waals surface area contributed by atoms with E-state index in [0.717, 1.165) is 6.54 Å². The van der Waals surface area contributed by atoms with Crippen molar-refractivity contribution in [3.8, 4) is 0 Å². The number of aromatic nitrogens is 2. The fourth-order valence-electron chi connectivity index (χ4n) is 1.82. The fraction of sp³-hybridized carbons (Fsp3) is 0.545. The highest BCUT2D eigenvalue weighted by Crippen LogP contribution is 2.13. The minimum atomic E-state index is -0.886. The van der Waals surface area contributed by atoms with E-state index in [1.54, 1.807) is 12.1 Å². The number of carbonyl (C=O) groups excluding carboxylic acids is 1. The summed E-state index contributed by atoms with van der Waals surface area (Å²) in [6, 6.07) is 3.25. The lowest BCUT2D eigenvalue weighted by Crippen LogP contribution is -2.30. The Labute approximate surface area is 104 Å². The van der Waals surface area contributed by atoms with E-state index in [1.807, 2.05) is 6.92 Å². The lowest BCUT2D eigenvalue weighted by molar-refractivity contribution is 0.0572. The smallest absolute Gasteiger partial charge is 0.274 e. The van der Waals surface area contributed by atoms with Gasteiger partial charge in [-0.3, -0.25) is 4.79 Å². The van der Waals surface area contributed by atoms with Gasteiger partial charge in [-0.05, 0) is 19.1 Å². The average molecular weight is 252 g/mol. The molecule has 1 aromatic heterocycles. The van der Waals surface area contributed by atoms with Crippen LogP contribution in [0, 0.1) is 0 Å². The van der Waals surface area contributed by atoms with Gasteiger partial charge in [0, 0.05) is 19.6 Å². The van der Waals surface area contributed by atoms with Crippen molar-refractivity contribution in [3.63, 3.8) is 0 Å². The number of nitrogens with one attached hydrogen (secondary N) is 1. The maximum Gasteiger partial charge on any atom is 0.274 e. The first-order valence-corrected chi connectivity index (χ1v) is 5.84. The Morgan fingerprint density at radius 1 is 1.39 bits per heavy atom. The molecular weight excluding hydrogens is 236 g/mol. The van der Waals surface area contributed by atoms with Crippen molar-refractivity contribution in [2.24, 2.45) is 0 Å². The summed E-state index contributed by atoms with van der Waals surface area (Å²) in [5, 5.41) is 29.4. The van der Waals surface area contributed by atoms with E-state index < -0.39 is 12.2 Å². The van der Waals surface area contributed by atoms with Gasteiger partial charge < -0.3 is 20.4 Å². The van der Waals surface area contributed by atoms with Crippen LogP contribution in [0.4, 0.5) is 5.82 Å². The zero-order valence-electron chi connectivity index (χ0n) is 10.1. The summed E-state index contributed by atoms with van der Waals surface area (Å²) in [4.78, 5) is 13.4. The highest BCUT2D eigenvalue weighted by Gasteiger charge is 2.33. The van der Waals surface area contributed by atoms with Crippen LogP contribution in [0.25, 0.3) is 0 Å². The second-order valence-electron chi connectivity index (χ2n) is 4.18. The molecule has 98 valence electrons. The molecule has 0 aromatic carbocycles. The summed E-state index contributed by atoms with van der Waals surface area (Å²) in [7, 11) is 0. The topological polar surface area (TPSA) is 98.6 Å². The average Bonchev–Trinajstić information content (AvgIpc) is 2.70. The fourth-order valence-corrected chi connectivity index (χ4v) is 1.82. The first-order chi connectivity index (χ1) is 8.61. The van der Waals surface area contributed by atoms with E-state index in [-0.39, 0.29) is 24.7 Å². The molecule has 2 rings (SSSR count). The predicted molar refractivity (Wildman–Crippen MR) is 64.1 cm³/mol. The standard InChI is InChI=1S/C11H16N4O3/c1-2-12-10-4-3-7(13-14-10)11(18)15-5-8(16)9(17)6-15/h3-4,8-9,16-17H,2,5-6H2,1H3,(H,12,14). The molecule has 1 aromatic rings. The SMILES string of the molecule is CCNc1ccc(C(=O)N2CC(O)C(O)C2)nn1. The van der Waals surface area contributed by atoms with Gasteiger partial charge in [0.2, 0.25) is 0 Å². The predicted octanol–water partition coefficient (Wildman–Crippen LogP) is -0.914. The van der Waals surface area contributed by atoms with Gasteiger partial charge in [0.05, 0.1) is 12.2 Å². The van der Waals surface area contributed by atoms with Crippen LogP contribution in [0.3, 0.4) is 0 Å². The van der Waals surface area contributed by atoms with E-state index in [4.69, 9.17) is 0 Å². The Kier molecular flexibility index (Phi) is 3.73. The first kappa shape index (κ1) is 12.7. The van der Waals surface area contributed by atoms with E-state index in [0.29, 0.717) is 5.82 Å². The van der Waals surface area contributed by atoms with Gasteiger partial charge in [0.25, 0.3) is 5.91 Å². The molecule has 7 nitrogen and oxygen atoms in total. The lowest BCUT2D eigenvalue weighted by Gasteiger charge is -2.14. The number of aliphatic hydroxyl groups is 2. The molecule has 2 heterocycles. The van der Waals surface area contributed by atoms with Gasteiger partial charge >= 0.3 is 0 Å². The molecule has 0 aliphatic carbocycles. The normalized spacial score (nSPS) is 23.2. The Morgan fingerprint density at radius 3 is 2.56 bits per heavy atom. The van der Waals surface area contributed by atoms with Crippen molar-refractivity contribution in [1.82, 2.24) is 15.1 Å². The minimum absolute atomic E-state index is 0.122. The van der Waals surface area contributed by atoms with Crippen molar-refractivity contribution in [2.75, 3.05) is 25.0 Å². The Balaban J connectivity index is 2.05. The number of likely N-dealkylation sites (tertiary alicyclic amines) is 1. The van der Waals surface area contributed by atoms with Crippen molar-refractivity contribution in [3.05, 3.63) is 17.8 Å². The lowest BCUT2D eigenvalue weighted by atomic mass is 10.3. The second kappa shape index (κ2) is 5.28. The number of rotatable bonds is 3. The molecule has 1 amide bonds. The molecule has 2 atom stereocenters. The number of amides is 1. The first-order valence-electron chi connectivity index (χ1n) is 5.84. The third-order valence-electron chi connectivity index (χ3n) is 2.79. The quantitative estimate of drug-likeness (QED) is 0.644. The van der Waals surface area contributed by atoms with Crippen LogP contribution in [0.2, 0.25) is 0 Å². The molecule has 7 heteroatoms. The summed E-state index contributed by atoms with van der Waals surface area (Å²) in [6.45, 7) is 2.91. The third kappa shape index (κ3) is 2.57. The van der Waals surface area contributed by atoms with Crippen LogP contribution in [0.5, 0.6) is 0 Å². The van der Waals surface area contributed by atoms with Gasteiger partial charge in [0.15, 0.2) is 5.69 Å². The molecule has 0 radical (unpaired) electrons. The molecular formula is C11H16N4O3. The summed E-state index contributed by atoms with van der Waals surface area (Å²) >= 11 is 0. The summed E-state index contributed by atoms with van der Waals surface area (Å²) in [5.41, 5.74) is 0.206. The summed E-state index contributed by atoms with van der Waals surface area (Å²) < 4.78 is 0. The maximum atomic E-state index is 12.0. The largest absolute Gasteiger partial charge is 0.388 e.